The number of nitrogens with zero attached hydrogens (tertiary/aromatic N) is 2. The highest BCUT2D eigenvalue weighted by Crippen LogP contribution is 2.37. The number of rotatable bonds is 3. The molecule has 0 amide bonds. The lowest BCUT2D eigenvalue weighted by Crippen LogP contribution is -2.30. The molecule has 2 heterocycles. The van der Waals surface area contributed by atoms with Gasteiger partial charge in [-0.25, -0.2) is 8.42 Å². The molecule has 1 aliphatic carbocycles. The van der Waals surface area contributed by atoms with Crippen molar-refractivity contribution in [3.8, 4) is 0 Å². The zero-order valence-electron chi connectivity index (χ0n) is 13.9. The maximum absolute atomic E-state index is 13.2. The summed E-state index contributed by atoms with van der Waals surface area (Å²) in [5, 5.41) is 3.91. The molecule has 0 N–H and O–H groups in total. The largest absolute Gasteiger partial charge is 0.359 e. The minimum absolute atomic E-state index is 0.243. The van der Waals surface area contributed by atoms with Gasteiger partial charge in [-0.05, 0) is 68.7 Å². The molecule has 0 radical (unpaired) electrons. The van der Waals surface area contributed by atoms with Crippen molar-refractivity contribution in [1.29, 1.82) is 0 Å². The number of aromatic nitrogens is 1. The Balaban J connectivity index is 1.69. The van der Waals surface area contributed by atoms with Crippen molar-refractivity contribution in [3.63, 3.8) is 0 Å². The molecular formula is C18H22N2O3S. The number of hydrogen-bond donors (Lipinski definition) is 0. The number of sulfonamides is 1. The highest BCUT2D eigenvalue weighted by atomic mass is 32.2. The van der Waals surface area contributed by atoms with Gasteiger partial charge in [0.1, 0.15) is 0 Å². The van der Waals surface area contributed by atoms with Crippen LogP contribution in [0.2, 0.25) is 0 Å². The second-order valence-electron chi connectivity index (χ2n) is 6.78. The summed E-state index contributed by atoms with van der Waals surface area (Å²) >= 11 is 0. The summed E-state index contributed by atoms with van der Waals surface area (Å²) in [6, 6.07) is 7.23. The Morgan fingerprint density at radius 3 is 2.67 bits per heavy atom. The molecule has 2 aromatic rings. The van der Waals surface area contributed by atoms with Gasteiger partial charge >= 0.3 is 0 Å². The molecule has 1 aromatic heterocycles. The van der Waals surface area contributed by atoms with Gasteiger partial charge in [-0.2, -0.15) is 4.31 Å². The molecule has 6 heteroatoms. The first-order chi connectivity index (χ1) is 11.6. The van der Waals surface area contributed by atoms with Gasteiger partial charge in [-0.3, -0.25) is 0 Å². The number of hydrogen-bond acceptors (Lipinski definition) is 4. The van der Waals surface area contributed by atoms with E-state index in [1.165, 1.54) is 17.5 Å². The second-order valence-corrected chi connectivity index (χ2v) is 8.67. The van der Waals surface area contributed by atoms with Gasteiger partial charge in [0, 0.05) is 12.6 Å². The van der Waals surface area contributed by atoms with E-state index in [1.807, 2.05) is 25.1 Å². The van der Waals surface area contributed by atoms with Gasteiger partial charge in [0.2, 0.25) is 10.0 Å². The average Bonchev–Trinajstić information content (AvgIpc) is 3.23. The van der Waals surface area contributed by atoms with E-state index in [1.54, 1.807) is 10.4 Å². The van der Waals surface area contributed by atoms with Crippen LogP contribution in [-0.4, -0.2) is 24.4 Å². The molecular weight excluding hydrogens is 324 g/mol. The molecule has 24 heavy (non-hydrogen) atoms. The van der Waals surface area contributed by atoms with Crippen LogP contribution in [0.1, 0.15) is 54.3 Å². The molecule has 0 saturated carbocycles. The maximum atomic E-state index is 13.2. The van der Waals surface area contributed by atoms with E-state index in [0.29, 0.717) is 17.2 Å². The van der Waals surface area contributed by atoms with E-state index in [4.69, 9.17) is 4.52 Å². The van der Waals surface area contributed by atoms with Crippen molar-refractivity contribution >= 4 is 10.0 Å². The topological polar surface area (TPSA) is 63.4 Å². The smallest absolute Gasteiger partial charge is 0.243 e. The van der Waals surface area contributed by atoms with Crippen LogP contribution in [0.15, 0.2) is 33.7 Å². The second kappa shape index (κ2) is 6.01. The van der Waals surface area contributed by atoms with Gasteiger partial charge in [0.15, 0.2) is 5.76 Å². The van der Waals surface area contributed by atoms with E-state index in [-0.39, 0.29) is 6.04 Å². The lowest BCUT2D eigenvalue weighted by atomic mass is 9.92. The molecule has 128 valence electrons. The van der Waals surface area contributed by atoms with Crippen LogP contribution in [0.25, 0.3) is 0 Å². The molecule has 0 bridgehead atoms. The fourth-order valence-corrected chi connectivity index (χ4v) is 5.57. The molecule has 2 aliphatic rings. The van der Waals surface area contributed by atoms with Crippen LogP contribution in [-0.2, 0) is 22.9 Å². The summed E-state index contributed by atoms with van der Waals surface area (Å²) in [6.45, 7) is 2.38. The molecule has 5 nitrogen and oxygen atoms in total. The molecule has 1 fully saturated rings. The third kappa shape index (κ3) is 2.67. The van der Waals surface area contributed by atoms with Crippen molar-refractivity contribution in [2.24, 2.45) is 0 Å². The first-order valence-electron chi connectivity index (χ1n) is 8.62. The molecule has 1 aliphatic heterocycles. The first-order valence-corrected chi connectivity index (χ1v) is 10.1. The van der Waals surface area contributed by atoms with Crippen molar-refractivity contribution in [1.82, 2.24) is 9.46 Å². The lowest BCUT2D eigenvalue weighted by molar-refractivity contribution is 0.297. The molecule has 4 rings (SSSR count). The number of benzene rings is 1. The Morgan fingerprint density at radius 1 is 1.12 bits per heavy atom. The predicted octanol–water partition coefficient (Wildman–Crippen LogP) is 3.39. The SMILES string of the molecule is Cc1cc([C@@H]2CCCN2S(=O)(=O)c2ccc3c(c2)CCCC3)on1. The fraction of sp³-hybridized carbons (Fsp3) is 0.500. The summed E-state index contributed by atoms with van der Waals surface area (Å²) in [4.78, 5) is 0.409. The van der Waals surface area contributed by atoms with Crippen LogP contribution < -0.4 is 0 Å². The van der Waals surface area contributed by atoms with Crippen LogP contribution in [0.5, 0.6) is 0 Å². The number of fused-ring (bicyclic) bond motifs is 1. The van der Waals surface area contributed by atoms with Gasteiger partial charge < -0.3 is 4.52 Å². The van der Waals surface area contributed by atoms with E-state index in [9.17, 15) is 8.42 Å². The van der Waals surface area contributed by atoms with Gasteiger partial charge in [0.25, 0.3) is 0 Å². The van der Waals surface area contributed by atoms with Crippen LogP contribution in [0.3, 0.4) is 0 Å². The Labute approximate surface area is 142 Å². The lowest BCUT2D eigenvalue weighted by Gasteiger charge is -2.23. The fourth-order valence-electron chi connectivity index (χ4n) is 3.86. The normalized spacial score (nSPS) is 21.8. The standard InChI is InChI=1S/C18H22N2O3S/c1-13-11-18(23-19-13)17-7-4-10-20(17)24(21,22)16-9-8-14-5-2-3-6-15(14)12-16/h8-9,11-12,17H,2-7,10H2,1H3/t17-/m0/s1. The van der Waals surface area contributed by atoms with Crippen LogP contribution in [0.4, 0.5) is 0 Å². The highest BCUT2D eigenvalue weighted by molar-refractivity contribution is 7.89. The molecule has 1 atom stereocenters. The monoisotopic (exact) mass is 346 g/mol. The molecule has 1 aromatic carbocycles. The van der Waals surface area contributed by atoms with Crippen molar-refractivity contribution in [3.05, 3.63) is 46.8 Å². The molecule has 1 saturated heterocycles. The maximum Gasteiger partial charge on any atom is 0.243 e. The minimum atomic E-state index is -3.51. The Kier molecular flexibility index (Phi) is 3.96. The van der Waals surface area contributed by atoms with Crippen molar-refractivity contribution in [2.75, 3.05) is 6.54 Å². The predicted molar refractivity (Wildman–Crippen MR) is 90.2 cm³/mol. The van der Waals surface area contributed by atoms with Crippen LogP contribution >= 0.6 is 0 Å². The zero-order chi connectivity index (χ0) is 16.7. The van der Waals surface area contributed by atoms with Gasteiger partial charge in [-0.1, -0.05) is 11.2 Å². The van der Waals surface area contributed by atoms with Crippen molar-refractivity contribution < 1.29 is 12.9 Å². The van der Waals surface area contributed by atoms with E-state index in [0.717, 1.165) is 37.8 Å². The van der Waals surface area contributed by atoms with E-state index >= 15 is 0 Å². The summed E-state index contributed by atoms with van der Waals surface area (Å²) in [7, 11) is -3.51. The van der Waals surface area contributed by atoms with Gasteiger partial charge in [-0.15, -0.1) is 0 Å². The average molecular weight is 346 g/mol. The Bertz CT molecular complexity index is 857. The van der Waals surface area contributed by atoms with Gasteiger partial charge in [0.05, 0.1) is 16.6 Å². The summed E-state index contributed by atoms with van der Waals surface area (Å²) in [5.41, 5.74) is 3.26. The van der Waals surface area contributed by atoms with Crippen LogP contribution in [0, 0.1) is 6.92 Å². The third-order valence-corrected chi connectivity index (χ3v) is 7.01. The quantitative estimate of drug-likeness (QED) is 0.854. The minimum Gasteiger partial charge on any atom is -0.359 e. The summed E-state index contributed by atoms with van der Waals surface area (Å²) in [6.07, 6.45) is 5.98. The summed E-state index contributed by atoms with van der Waals surface area (Å²) < 4.78 is 33.3. The molecule has 0 unspecified atom stereocenters. The van der Waals surface area contributed by atoms with E-state index < -0.39 is 10.0 Å². The van der Waals surface area contributed by atoms with Crippen molar-refractivity contribution in [2.45, 2.75) is 56.4 Å². The van der Waals surface area contributed by atoms with E-state index in [2.05, 4.69) is 5.16 Å². The molecule has 0 spiro atoms. The Morgan fingerprint density at radius 2 is 1.92 bits per heavy atom. The zero-order valence-corrected chi connectivity index (χ0v) is 14.7. The highest BCUT2D eigenvalue weighted by Gasteiger charge is 2.38. The third-order valence-electron chi connectivity index (χ3n) is 5.10. The first kappa shape index (κ1) is 15.8. The number of aryl methyl sites for hydroxylation is 3. The Hall–Kier alpha value is -1.66. The summed E-state index contributed by atoms with van der Waals surface area (Å²) in [5.74, 6) is 0.645.